The Bertz CT molecular complexity index is 1250. The van der Waals surface area contributed by atoms with Gasteiger partial charge in [0.1, 0.15) is 17.3 Å². The first-order chi connectivity index (χ1) is 16.6. The van der Waals surface area contributed by atoms with Crippen molar-refractivity contribution in [2.24, 2.45) is 17.8 Å². The van der Waals surface area contributed by atoms with E-state index >= 15 is 0 Å². The van der Waals surface area contributed by atoms with Crippen LogP contribution in [-0.4, -0.2) is 26.6 Å². The Kier molecular flexibility index (Phi) is 6.46. The fraction of sp³-hybridized carbons (Fsp3) is 0.345. The van der Waals surface area contributed by atoms with Crippen molar-refractivity contribution in [3.63, 3.8) is 0 Å². The van der Waals surface area contributed by atoms with E-state index in [2.05, 4.69) is 13.0 Å². The molecule has 2 aromatic carbocycles. The molecule has 34 heavy (non-hydrogen) atoms. The summed E-state index contributed by atoms with van der Waals surface area (Å²) in [6.45, 7) is 2.85. The lowest BCUT2D eigenvalue weighted by Gasteiger charge is -2.22. The Labute approximate surface area is 204 Å². The molecule has 2 aliphatic rings. The van der Waals surface area contributed by atoms with Crippen LogP contribution in [0.3, 0.4) is 0 Å². The minimum Gasteiger partial charge on any atom is -0.497 e. The zero-order chi connectivity index (χ0) is 23.7. The predicted molar refractivity (Wildman–Crippen MR) is 138 cm³/mol. The van der Waals surface area contributed by atoms with E-state index in [9.17, 15) is 4.79 Å². The molecule has 5 rings (SSSR count). The molecule has 0 amide bonds. The molecule has 1 saturated carbocycles. The lowest BCUT2D eigenvalue weighted by atomic mass is 9.82. The largest absolute Gasteiger partial charge is 0.497 e. The van der Waals surface area contributed by atoms with Gasteiger partial charge in [0.2, 0.25) is 0 Å². The second kappa shape index (κ2) is 9.67. The van der Waals surface area contributed by atoms with Crippen LogP contribution in [0.15, 0.2) is 66.5 Å². The quantitative estimate of drug-likeness (QED) is 0.305. The van der Waals surface area contributed by atoms with E-state index in [0.717, 1.165) is 62.3 Å². The number of thiophene rings is 1. The molecule has 0 N–H and O–H groups in total. The van der Waals surface area contributed by atoms with Gasteiger partial charge in [-0.05, 0) is 78.4 Å². The molecule has 5 heteroatoms. The van der Waals surface area contributed by atoms with Crippen molar-refractivity contribution in [3.8, 4) is 21.9 Å². The second-order valence-corrected chi connectivity index (χ2v) is 10.2. The van der Waals surface area contributed by atoms with E-state index < -0.39 is 0 Å². The molecule has 0 bridgehead atoms. The summed E-state index contributed by atoms with van der Waals surface area (Å²) in [4.78, 5) is 15.0. The number of methoxy groups -OCH3 is 2. The standard InChI is InChI=1S/C29H30O4S/c1-18-16-23(33-15-14-19-4-5-19)11-12-24(18)28(30)27-25-13-10-22(32-3)17-26(25)34-29(27)20-6-8-21(31-2)9-7-20/h6-13,16-19,24H,4-5,14-15H2,1-3H3. The van der Waals surface area contributed by atoms with Gasteiger partial charge in [0.05, 0.1) is 20.8 Å². The Morgan fingerprint density at radius 3 is 2.44 bits per heavy atom. The van der Waals surface area contributed by atoms with E-state index in [-0.39, 0.29) is 17.6 Å². The summed E-state index contributed by atoms with van der Waals surface area (Å²) in [5.41, 5.74) is 1.79. The number of Topliss-reactive ketones (excluding diaryl/α,β-unsaturated/α-hetero) is 1. The Morgan fingerprint density at radius 2 is 1.76 bits per heavy atom. The van der Waals surface area contributed by atoms with Gasteiger partial charge in [-0.2, -0.15) is 0 Å². The number of hydrogen-bond donors (Lipinski definition) is 0. The van der Waals surface area contributed by atoms with E-state index in [1.807, 2.05) is 54.6 Å². The summed E-state index contributed by atoms with van der Waals surface area (Å²) < 4.78 is 17.8. The number of allylic oxidation sites excluding steroid dienone is 3. The summed E-state index contributed by atoms with van der Waals surface area (Å²) >= 11 is 1.63. The van der Waals surface area contributed by atoms with Crippen LogP contribution in [0.2, 0.25) is 0 Å². The molecule has 0 aliphatic heterocycles. The number of fused-ring (bicyclic) bond motifs is 1. The SMILES string of the molecule is COc1ccc(-c2sc3cc(OC)ccc3c2C(=O)C2C=CC(OCCC3CC3)=CC2C)cc1. The van der Waals surface area contributed by atoms with E-state index in [4.69, 9.17) is 14.2 Å². The third-order valence-electron chi connectivity index (χ3n) is 6.75. The van der Waals surface area contributed by atoms with Gasteiger partial charge in [-0.25, -0.2) is 0 Å². The molecular formula is C29H30O4S. The topological polar surface area (TPSA) is 44.8 Å². The summed E-state index contributed by atoms with van der Waals surface area (Å²) in [5.74, 6) is 3.28. The molecule has 1 aromatic heterocycles. The van der Waals surface area contributed by atoms with Crippen molar-refractivity contribution in [3.05, 3.63) is 72.0 Å². The third-order valence-corrected chi connectivity index (χ3v) is 7.95. The van der Waals surface area contributed by atoms with Crippen LogP contribution in [0.5, 0.6) is 11.5 Å². The Morgan fingerprint density at radius 1 is 1.03 bits per heavy atom. The maximum Gasteiger partial charge on any atom is 0.172 e. The van der Waals surface area contributed by atoms with Crippen molar-refractivity contribution < 1.29 is 19.0 Å². The highest BCUT2D eigenvalue weighted by atomic mass is 32.1. The first kappa shape index (κ1) is 22.7. The molecule has 176 valence electrons. The third kappa shape index (κ3) is 4.62. The predicted octanol–water partition coefficient (Wildman–Crippen LogP) is 7.29. The van der Waals surface area contributed by atoms with Crippen LogP contribution in [-0.2, 0) is 4.74 Å². The van der Waals surface area contributed by atoms with Crippen LogP contribution >= 0.6 is 11.3 Å². The fourth-order valence-electron chi connectivity index (χ4n) is 4.53. The Balaban J connectivity index is 1.47. The number of carbonyl (C=O) groups is 1. The van der Waals surface area contributed by atoms with Crippen LogP contribution in [0.25, 0.3) is 20.5 Å². The molecule has 1 heterocycles. The van der Waals surface area contributed by atoms with Gasteiger partial charge in [-0.15, -0.1) is 11.3 Å². The van der Waals surface area contributed by atoms with Gasteiger partial charge in [0.15, 0.2) is 5.78 Å². The first-order valence-corrected chi connectivity index (χ1v) is 12.7. The monoisotopic (exact) mass is 474 g/mol. The fourth-order valence-corrected chi connectivity index (χ4v) is 5.77. The van der Waals surface area contributed by atoms with E-state index in [1.54, 1.807) is 25.6 Å². The highest BCUT2D eigenvalue weighted by molar-refractivity contribution is 7.22. The lowest BCUT2D eigenvalue weighted by molar-refractivity contribution is 0.0925. The van der Waals surface area contributed by atoms with Crippen LogP contribution < -0.4 is 9.47 Å². The number of benzene rings is 2. The summed E-state index contributed by atoms with van der Waals surface area (Å²) in [6, 6.07) is 13.8. The molecule has 0 saturated heterocycles. The first-order valence-electron chi connectivity index (χ1n) is 11.9. The molecule has 2 aliphatic carbocycles. The average Bonchev–Trinajstić information content (AvgIpc) is 3.61. The van der Waals surface area contributed by atoms with Gasteiger partial charge in [-0.1, -0.05) is 25.8 Å². The van der Waals surface area contributed by atoms with Gasteiger partial charge in [0, 0.05) is 26.4 Å². The van der Waals surface area contributed by atoms with E-state index in [1.165, 1.54) is 12.8 Å². The molecule has 3 aromatic rings. The van der Waals surface area contributed by atoms with Crippen molar-refractivity contribution in [1.82, 2.24) is 0 Å². The number of carbonyl (C=O) groups excluding carboxylic acids is 1. The highest BCUT2D eigenvalue weighted by Crippen LogP contribution is 2.43. The highest BCUT2D eigenvalue weighted by Gasteiger charge is 2.30. The van der Waals surface area contributed by atoms with Crippen LogP contribution in [0.4, 0.5) is 0 Å². The molecule has 0 radical (unpaired) electrons. The number of ether oxygens (including phenoxy) is 3. The minimum absolute atomic E-state index is 0.0605. The molecular weight excluding hydrogens is 444 g/mol. The maximum atomic E-state index is 14.0. The number of ketones is 1. The molecule has 1 fully saturated rings. The second-order valence-electron chi connectivity index (χ2n) is 9.15. The van der Waals surface area contributed by atoms with E-state index in [0.29, 0.717) is 0 Å². The summed E-state index contributed by atoms with van der Waals surface area (Å²) in [7, 11) is 3.32. The average molecular weight is 475 g/mol. The number of rotatable bonds is 9. The molecule has 2 unspecified atom stereocenters. The molecule has 4 nitrogen and oxygen atoms in total. The molecule has 2 atom stereocenters. The summed E-state index contributed by atoms with van der Waals surface area (Å²) in [6.07, 6.45) is 9.88. The zero-order valence-electron chi connectivity index (χ0n) is 19.9. The van der Waals surface area contributed by atoms with Crippen LogP contribution in [0.1, 0.15) is 36.5 Å². The van der Waals surface area contributed by atoms with Gasteiger partial charge in [0.25, 0.3) is 0 Å². The maximum absolute atomic E-state index is 14.0. The lowest BCUT2D eigenvalue weighted by Crippen LogP contribution is -2.22. The van der Waals surface area contributed by atoms with Gasteiger partial charge >= 0.3 is 0 Å². The van der Waals surface area contributed by atoms with Gasteiger partial charge < -0.3 is 14.2 Å². The van der Waals surface area contributed by atoms with Crippen molar-refractivity contribution in [1.29, 1.82) is 0 Å². The Hall–Kier alpha value is -3.05. The zero-order valence-corrected chi connectivity index (χ0v) is 20.7. The number of hydrogen-bond acceptors (Lipinski definition) is 5. The van der Waals surface area contributed by atoms with Gasteiger partial charge in [-0.3, -0.25) is 4.79 Å². The van der Waals surface area contributed by atoms with Crippen LogP contribution in [0, 0.1) is 17.8 Å². The summed E-state index contributed by atoms with van der Waals surface area (Å²) in [5, 5.41) is 0.970. The van der Waals surface area contributed by atoms with Crippen molar-refractivity contribution in [2.75, 3.05) is 20.8 Å². The van der Waals surface area contributed by atoms with Crippen molar-refractivity contribution in [2.45, 2.75) is 26.2 Å². The smallest absolute Gasteiger partial charge is 0.172 e. The molecule has 0 spiro atoms. The minimum atomic E-state index is -0.229. The van der Waals surface area contributed by atoms with Crippen molar-refractivity contribution >= 4 is 27.2 Å². The normalized spacial score (nSPS) is 19.7.